The maximum Gasteiger partial charge on any atom is 0.508 e. The third kappa shape index (κ3) is 9.99. The molecule has 1 heterocycles. The summed E-state index contributed by atoms with van der Waals surface area (Å²) >= 11 is 0. The first kappa shape index (κ1) is 28.6. The standard InChI is InChI=1S/C22H40O10/c1-7-8-16(10-30-22(4,5)19(26-6)14-28-15-23)9-27-13-18(24)21(2,3)31-12-17-11-29-20(25)32-17/h15-19,24H,7-14H2,1-6H3. The van der Waals surface area contributed by atoms with Crippen LogP contribution in [0.5, 0.6) is 0 Å². The minimum Gasteiger partial charge on any atom is -0.465 e. The van der Waals surface area contributed by atoms with Crippen molar-refractivity contribution in [1.29, 1.82) is 0 Å². The number of hydrogen-bond acceptors (Lipinski definition) is 10. The van der Waals surface area contributed by atoms with E-state index < -0.39 is 35.7 Å². The highest BCUT2D eigenvalue weighted by Gasteiger charge is 2.34. The van der Waals surface area contributed by atoms with Gasteiger partial charge in [-0.05, 0) is 34.1 Å². The summed E-state index contributed by atoms with van der Waals surface area (Å²) in [6.07, 6.45) is -0.614. The van der Waals surface area contributed by atoms with Crippen LogP contribution in [0, 0.1) is 5.92 Å². The fraction of sp³-hybridized carbons (Fsp3) is 0.909. The van der Waals surface area contributed by atoms with Crippen molar-refractivity contribution in [3.8, 4) is 0 Å². The second-order valence-corrected chi connectivity index (χ2v) is 8.99. The molecule has 1 saturated heterocycles. The van der Waals surface area contributed by atoms with E-state index in [2.05, 4.69) is 6.92 Å². The first-order valence-electron chi connectivity index (χ1n) is 11.0. The molecule has 0 saturated carbocycles. The van der Waals surface area contributed by atoms with Gasteiger partial charge in [0.25, 0.3) is 6.47 Å². The molecule has 1 N–H and O–H groups in total. The predicted octanol–water partition coefficient (Wildman–Crippen LogP) is 2.09. The summed E-state index contributed by atoms with van der Waals surface area (Å²) in [5.41, 5.74) is -1.55. The lowest BCUT2D eigenvalue weighted by Gasteiger charge is -2.34. The van der Waals surface area contributed by atoms with Crippen molar-refractivity contribution in [2.75, 3.05) is 46.8 Å². The SMILES string of the molecule is CCCC(COCC(O)C(C)(C)OCC1COC(=O)O1)COC(C)(C)C(COC=O)OC. The molecule has 10 heteroatoms. The number of carbonyl (C=O) groups excluding carboxylic acids is 2. The van der Waals surface area contributed by atoms with Crippen LogP contribution in [-0.4, -0.2) is 94.0 Å². The summed E-state index contributed by atoms with van der Waals surface area (Å²) in [5.74, 6) is 0.120. The number of methoxy groups -OCH3 is 1. The average molecular weight is 465 g/mol. The van der Waals surface area contributed by atoms with Gasteiger partial charge in [-0.15, -0.1) is 0 Å². The molecule has 188 valence electrons. The number of ether oxygens (including phenoxy) is 7. The van der Waals surface area contributed by atoms with Crippen molar-refractivity contribution in [3.05, 3.63) is 0 Å². The van der Waals surface area contributed by atoms with E-state index in [9.17, 15) is 14.7 Å². The molecule has 1 aliphatic heterocycles. The van der Waals surface area contributed by atoms with E-state index in [-0.39, 0.29) is 32.3 Å². The number of rotatable bonds is 18. The molecule has 0 radical (unpaired) electrons. The summed E-state index contributed by atoms with van der Waals surface area (Å²) in [6, 6.07) is 0. The molecule has 32 heavy (non-hydrogen) atoms. The van der Waals surface area contributed by atoms with E-state index in [0.29, 0.717) is 19.7 Å². The van der Waals surface area contributed by atoms with Crippen molar-refractivity contribution < 1.29 is 47.9 Å². The maximum atomic E-state index is 11.0. The third-order valence-electron chi connectivity index (χ3n) is 5.49. The number of carbonyl (C=O) groups is 2. The van der Waals surface area contributed by atoms with Crippen molar-refractivity contribution in [2.24, 2.45) is 5.92 Å². The topological polar surface area (TPSA) is 119 Å². The van der Waals surface area contributed by atoms with Gasteiger partial charge in [0.05, 0.1) is 37.6 Å². The summed E-state index contributed by atoms with van der Waals surface area (Å²) in [4.78, 5) is 21.5. The largest absolute Gasteiger partial charge is 0.508 e. The molecule has 1 aliphatic rings. The predicted molar refractivity (Wildman–Crippen MR) is 114 cm³/mol. The number of aliphatic hydroxyl groups is 1. The van der Waals surface area contributed by atoms with Gasteiger partial charge in [-0.2, -0.15) is 0 Å². The van der Waals surface area contributed by atoms with E-state index in [0.717, 1.165) is 12.8 Å². The van der Waals surface area contributed by atoms with Crippen molar-refractivity contribution >= 4 is 12.6 Å². The molecule has 4 unspecified atom stereocenters. The quantitative estimate of drug-likeness (QED) is 0.238. The van der Waals surface area contributed by atoms with Crippen LogP contribution in [0.3, 0.4) is 0 Å². The fourth-order valence-electron chi connectivity index (χ4n) is 3.13. The van der Waals surface area contributed by atoms with Crippen LogP contribution < -0.4 is 0 Å². The molecule has 4 atom stereocenters. The molecule has 0 spiro atoms. The zero-order chi connectivity index (χ0) is 24.2. The smallest absolute Gasteiger partial charge is 0.465 e. The van der Waals surface area contributed by atoms with E-state index in [1.807, 2.05) is 13.8 Å². The van der Waals surface area contributed by atoms with Crippen LogP contribution in [0.4, 0.5) is 4.79 Å². The molecular formula is C22H40O10. The number of hydrogen-bond donors (Lipinski definition) is 1. The molecule has 0 aromatic rings. The minimum atomic E-state index is -0.891. The van der Waals surface area contributed by atoms with Gasteiger partial charge < -0.3 is 38.3 Å². The van der Waals surface area contributed by atoms with Crippen molar-refractivity contribution in [1.82, 2.24) is 0 Å². The van der Waals surface area contributed by atoms with Crippen LogP contribution in [0.15, 0.2) is 0 Å². The molecule has 10 nitrogen and oxygen atoms in total. The molecule has 0 aromatic carbocycles. The monoisotopic (exact) mass is 464 g/mol. The van der Waals surface area contributed by atoms with Gasteiger partial charge in [-0.25, -0.2) is 4.79 Å². The Morgan fingerprint density at radius 3 is 2.41 bits per heavy atom. The Morgan fingerprint density at radius 2 is 1.84 bits per heavy atom. The zero-order valence-electron chi connectivity index (χ0n) is 20.2. The average Bonchev–Trinajstić information content (AvgIpc) is 3.16. The Kier molecular flexibility index (Phi) is 12.5. The molecule has 0 aliphatic carbocycles. The number of cyclic esters (lactones) is 2. The van der Waals surface area contributed by atoms with Gasteiger partial charge in [0.1, 0.15) is 25.4 Å². The van der Waals surface area contributed by atoms with Gasteiger partial charge in [-0.3, -0.25) is 4.79 Å². The molecule has 0 aromatic heterocycles. The summed E-state index contributed by atoms with van der Waals surface area (Å²) in [7, 11) is 1.55. The Balaban J connectivity index is 2.44. The second-order valence-electron chi connectivity index (χ2n) is 8.99. The van der Waals surface area contributed by atoms with Gasteiger partial charge >= 0.3 is 6.16 Å². The Labute approximate surface area is 190 Å². The van der Waals surface area contributed by atoms with Crippen LogP contribution >= 0.6 is 0 Å². The van der Waals surface area contributed by atoms with Crippen LogP contribution in [-0.2, 0) is 38.0 Å². The fourth-order valence-corrected chi connectivity index (χ4v) is 3.13. The first-order valence-corrected chi connectivity index (χ1v) is 11.0. The lowest BCUT2D eigenvalue weighted by atomic mass is 10.0. The van der Waals surface area contributed by atoms with Crippen LogP contribution in [0.25, 0.3) is 0 Å². The minimum absolute atomic E-state index is 0.0887. The Morgan fingerprint density at radius 1 is 1.12 bits per heavy atom. The van der Waals surface area contributed by atoms with Crippen molar-refractivity contribution in [2.45, 2.75) is 77.0 Å². The Hall–Kier alpha value is -1.46. The highest BCUT2D eigenvalue weighted by Crippen LogP contribution is 2.22. The normalized spacial score (nSPS) is 19.7. The first-order chi connectivity index (χ1) is 15.1. The highest BCUT2D eigenvalue weighted by molar-refractivity contribution is 5.61. The van der Waals surface area contributed by atoms with E-state index >= 15 is 0 Å². The van der Waals surface area contributed by atoms with Gasteiger partial charge in [-0.1, -0.05) is 13.3 Å². The molecule has 1 fully saturated rings. The van der Waals surface area contributed by atoms with E-state index in [1.165, 1.54) is 0 Å². The number of aliphatic hydroxyl groups excluding tert-OH is 1. The zero-order valence-corrected chi connectivity index (χ0v) is 20.2. The lowest BCUT2D eigenvalue weighted by Crippen LogP contribution is -2.45. The summed E-state index contributed by atoms with van der Waals surface area (Å²) < 4.78 is 37.5. The van der Waals surface area contributed by atoms with Crippen LogP contribution in [0.2, 0.25) is 0 Å². The molecule has 1 rings (SSSR count). The Bertz CT molecular complexity index is 551. The van der Waals surface area contributed by atoms with Gasteiger partial charge in [0.2, 0.25) is 0 Å². The lowest BCUT2D eigenvalue weighted by molar-refractivity contribution is -0.159. The van der Waals surface area contributed by atoms with Gasteiger partial charge in [0, 0.05) is 13.0 Å². The van der Waals surface area contributed by atoms with E-state index in [1.54, 1.807) is 21.0 Å². The summed E-state index contributed by atoms with van der Waals surface area (Å²) in [6.45, 7) is 11.1. The van der Waals surface area contributed by atoms with E-state index in [4.69, 9.17) is 33.2 Å². The molecule has 0 amide bonds. The third-order valence-corrected chi connectivity index (χ3v) is 5.49. The van der Waals surface area contributed by atoms with Crippen LogP contribution in [0.1, 0.15) is 47.5 Å². The highest BCUT2D eigenvalue weighted by atomic mass is 16.8. The second kappa shape index (κ2) is 13.9. The van der Waals surface area contributed by atoms with Gasteiger partial charge in [0.15, 0.2) is 6.10 Å². The molecule has 0 bridgehead atoms. The molecular weight excluding hydrogens is 424 g/mol. The van der Waals surface area contributed by atoms with Crippen molar-refractivity contribution in [3.63, 3.8) is 0 Å². The maximum absolute atomic E-state index is 11.0. The summed E-state index contributed by atoms with van der Waals surface area (Å²) in [5, 5.41) is 10.5.